The summed E-state index contributed by atoms with van der Waals surface area (Å²) in [6.45, 7) is 2.35. The lowest BCUT2D eigenvalue weighted by Gasteiger charge is -2.12. The fourth-order valence-corrected chi connectivity index (χ4v) is 2.40. The molecule has 0 saturated heterocycles. The summed E-state index contributed by atoms with van der Waals surface area (Å²) in [4.78, 5) is 15.4. The molecule has 0 aliphatic rings. The third kappa shape index (κ3) is 2.63. The van der Waals surface area contributed by atoms with Crippen LogP contribution in [0.15, 0.2) is 54.7 Å². The van der Waals surface area contributed by atoms with Gasteiger partial charge in [0.1, 0.15) is 12.4 Å². The normalized spacial score (nSPS) is 10.5. The van der Waals surface area contributed by atoms with Crippen LogP contribution < -0.4 is 4.74 Å². The number of fused-ring (bicyclic) bond motifs is 1. The molecule has 3 heteroatoms. The van der Waals surface area contributed by atoms with E-state index < -0.39 is 0 Å². The largest absolute Gasteiger partial charge is 0.488 e. The summed E-state index contributed by atoms with van der Waals surface area (Å²) in [5.74, 6) is 0.647. The maximum atomic E-state index is 11.1. The van der Waals surface area contributed by atoms with Gasteiger partial charge in [0.15, 0.2) is 6.29 Å². The van der Waals surface area contributed by atoms with Crippen LogP contribution in [0.1, 0.15) is 21.5 Å². The van der Waals surface area contributed by atoms with Gasteiger partial charge >= 0.3 is 0 Å². The van der Waals surface area contributed by atoms with Crippen molar-refractivity contribution < 1.29 is 9.53 Å². The van der Waals surface area contributed by atoms with Gasteiger partial charge in [0, 0.05) is 17.1 Å². The number of carbonyl (C=O) groups is 1. The van der Waals surface area contributed by atoms with Gasteiger partial charge in [-0.15, -0.1) is 0 Å². The molecular weight excluding hydrogens is 262 g/mol. The topological polar surface area (TPSA) is 39.2 Å². The number of hydrogen-bond donors (Lipinski definition) is 0. The molecule has 0 fully saturated rings. The highest BCUT2D eigenvalue weighted by molar-refractivity contribution is 5.82. The lowest BCUT2D eigenvalue weighted by atomic mass is 10.1. The molecule has 104 valence electrons. The van der Waals surface area contributed by atoms with Crippen molar-refractivity contribution in [2.24, 2.45) is 0 Å². The Kier molecular flexibility index (Phi) is 3.65. The van der Waals surface area contributed by atoms with E-state index >= 15 is 0 Å². The molecule has 1 aromatic heterocycles. The molecule has 0 radical (unpaired) electrons. The van der Waals surface area contributed by atoms with E-state index in [4.69, 9.17) is 4.74 Å². The summed E-state index contributed by atoms with van der Waals surface area (Å²) in [7, 11) is 0. The summed E-state index contributed by atoms with van der Waals surface area (Å²) < 4.78 is 5.89. The van der Waals surface area contributed by atoms with Crippen molar-refractivity contribution >= 4 is 17.2 Å². The fraction of sp³-hybridized carbons (Fsp3) is 0.111. The molecule has 0 aliphatic carbocycles. The molecule has 0 saturated carbocycles. The van der Waals surface area contributed by atoms with E-state index in [1.54, 1.807) is 12.3 Å². The number of nitrogens with zero attached hydrogens (tertiary/aromatic N) is 1. The Morgan fingerprint density at radius 1 is 1.10 bits per heavy atom. The number of aryl methyl sites for hydroxylation is 1. The third-order valence-electron chi connectivity index (χ3n) is 3.48. The molecular formula is C18H15NO2. The lowest BCUT2D eigenvalue weighted by molar-refractivity contribution is 0.111. The molecule has 21 heavy (non-hydrogen) atoms. The van der Waals surface area contributed by atoms with E-state index in [1.165, 1.54) is 0 Å². The monoisotopic (exact) mass is 277 g/mol. The zero-order chi connectivity index (χ0) is 14.7. The van der Waals surface area contributed by atoms with Gasteiger partial charge < -0.3 is 4.74 Å². The van der Waals surface area contributed by atoms with Crippen molar-refractivity contribution in [2.75, 3.05) is 0 Å². The maximum Gasteiger partial charge on any atom is 0.153 e. The van der Waals surface area contributed by atoms with Gasteiger partial charge in [-0.3, -0.25) is 9.78 Å². The Morgan fingerprint density at radius 3 is 2.81 bits per heavy atom. The summed E-state index contributed by atoms with van der Waals surface area (Å²) in [5.41, 5.74) is 3.53. The summed E-state index contributed by atoms with van der Waals surface area (Å²) in [6, 6.07) is 15.5. The third-order valence-corrected chi connectivity index (χ3v) is 3.48. The maximum absolute atomic E-state index is 11.1. The van der Waals surface area contributed by atoms with E-state index in [0.29, 0.717) is 17.9 Å². The van der Waals surface area contributed by atoms with Gasteiger partial charge in [0.05, 0.1) is 11.1 Å². The Labute approximate surface area is 123 Å². The first-order valence-corrected chi connectivity index (χ1v) is 6.80. The number of hydrogen-bond acceptors (Lipinski definition) is 3. The molecule has 3 nitrogen and oxygen atoms in total. The fourth-order valence-electron chi connectivity index (χ4n) is 2.40. The van der Waals surface area contributed by atoms with E-state index in [1.807, 2.05) is 49.4 Å². The molecule has 2 aromatic carbocycles. The standard InChI is InChI=1S/C18H15NO2/c1-13-5-4-6-14(11-20)18(13)21-12-15-9-10-19-17-8-3-2-7-16(15)17/h2-11H,12H2,1H3. The molecule has 0 bridgehead atoms. The van der Waals surface area contributed by atoms with Crippen LogP contribution in [0.4, 0.5) is 0 Å². The zero-order valence-electron chi connectivity index (χ0n) is 11.7. The minimum atomic E-state index is 0.411. The number of aromatic nitrogens is 1. The highest BCUT2D eigenvalue weighted by Crippen LogP contribution is 2.24. The average Bonchev–Trinajstić information content (AvgIpc) is 2.53. The van der Waals surface area contributed by atoms with Crippen LogP contribution in [0, 0.1) is 6.92 Å². The van der Waals surface area contributed by atoms with Crippen LogP contribution in [-0.2, 0) is 6.61 Å². The number of benzene rings is 2. The minimum absolute atomic E-state index is 0.411. The van der Waals surface area contributed by atoms with E-state index in [0.717, 1.165) is 28.3 Å². The molecule has 0 atom stereocenters. The number of para-hydroxylation sites is 2. The second-order valence-electron chi connectivity index (χ2n) is 4.89. The molecule has 0 amide bonds. The minimum Gasteiger partial charge on any atom is -0.488 e. The van der Waals surface area contributed by atoms with Crippen LogP contribution in [-0.4, -0.2) is 11.3 Å². The summed E-state index contributed by atoms with van der Waals surface area (Å²) in [6.07, 6.45) is 2.60. The first-order chi connectivity index (χ1) is 10.3. The molecule has 1 heterocycles. The van der Waals surface area contributed by atoms with Gasteiger partial charge in [0.25, 0.3) is 0 Å². The predicted octanol–water partition coefficient (Wildman–Crippen LogP) is 3.93. The van der Waals surface area contributed by atoms with Crippen LogP contribution in [0.2, 0.25) is 0 Å². The van der Waals surface area contributed by atoms with E-state index in [9.17, 15) is 4.79 Å². The highest BCUT2D eigenvalue weighted by atomic mass is 16.5. The van der Waals surface area contributed by atoms with E-state index in [2.05, 4.69) is 4.98 Å². The highest BCUT2D eigenvalue weighted by Gasteiger charge is 2.08. The van der Waals surface area contributed by atoms with Crippen molar-refractivity contribution in [2.45, 2.75) is 13.5 Å². The van der Waals surface area contributed by atoms with Gasteiger partial charge in [-0.05, 0) is 30.7 Å². The number of rotatable bonds is 4. The summed E-state index contributed by atoms with van der Waals surface area (Å²) in [5, 5.41) is 1.07. The number of carbonyl (C=O) groups excluding carboxylic acids is 1. The van der Waals surface area contributed by atoms with Crippen LogP contribution in [0.5, 0.6) is 5.75 Å². The Hall–Kier alpha value is -2.68. The molecule has 0 aliphatic heterocycles. The van der Waals surface area contributed by atoms with Crippen LogP contribution in [0.3, 0.4) is 0 Å². The first kappa shape index (κ1) is 13.3. The van der Waals surface area contributed by atoms with Gasteiger partial charge in [0.2, 0.25) is 0 Å². The lowest BCUT2D eigenvalue weighted by Crippen LogP contribution is -2.01. The van der Waals surface area contributed by atoms with Crippen LogP contribution in [0.25, 0.3) is 10.9 Å². The van der Waals surface area contributed by atoms with Gasteiger partial charge in [-0.2, -0.15) is 0 Å². The number of pyridine rings is 1. The molecule has 3 rings (SSSR count). The Balaban J connectivity index is 1.93. The van der Waals surface area contributed by atoms with Crippen molar-refractivity contribution in [3.63, 3.8) is 0 Å². The van der Waals surface area contributed by atoms with Crippen LogP contribution >= 0.6 is 0 Å². The predicted molar refractivity (Wildman–Crippen MR) is 82.6 cm³/mol. The van der Waals surface area contributed by atoms with Crippen molar-refractivity contribution in [1.29, 1.82) is 0 Å². The zero-order valence-corrected chi connectivity index (χ0v) is 11.7. The number of ether oxygens (including phenoxy) is 1. The molecule has 0 unspecified atom stereocenters. The van der Waals surface area contributed by atoms with Crippen molar-refractivity contribution in [3.05, 3.63) is 71.4 Å². The summed E-state index contributed by atoms with van der Waals surface area (Å²) >= 11 is 0. The Bertz CT molecular complexity index is 791. The SMILES string of the molecule is Cc1cccc(C=O)c1OCc1ccnc2ccccc12. The second-order valence-corrected chi connectivity index (χ2v) is 4.89. The smallest absolute Gasteiger partial charge is 0.153 e. The second kappa shape index (κ2) is 5.75. The van der Waals surface area contributed by atoms with Gasteiger partial charge in [-0.25, -0.2) is 0 Å². The van der Waals surface area contributed by atoms with Gasteiger partial charge in [-0.1, -0.05) is 30.3 Å². The molecule has 3 aromatic rings. The van der Waals surface area contributed by atoms with Crippen molar-refractivity contribution in [3.8, 4) is 5.75 Å². The first-order valence-electron chi connectivity index (χ1n) is 6.80. The Morgan fingerprint density at radius 2 is 1.95 bits per heavy atom. The average molecular weight is 277 g/mol. The number of aldehydes is 1. The van der Waals surface area contributed by atoms with Crippen molar-refractivity contribution in [1.82, 2.24) is 4.98 Å². The van der Waals surface area contributed by atoms with E-state index in [-0.39, 0.29) is 0 Å². The molecule has 0 spiro atoms. The quantitative estimate of drug-likeness (QED) is 0.678. The molecule has 0 N–H and O–H groups in total.